The first-order valence-corrected chi connectivity index (χ1v) is 7.43. The molecule has 0 atom stereocenters. The normalized spacial score (nSPS) is 17.0. The number of hydrogen-bond donors (Lipinski definition) is 0. The number of rotatable bonds is 3. The van der Waals surface area contributed by atoms with Crippen LogP contribution < -0.4 is 0 Å². The Balaban J connectivity index is 1.71. The lowest BCUT2D eigenvalue weighted by Gasteiger charge is -2.26. The van der Waals surface area contributed by atoms with E-state index in [0.717, 1.165) is 56.5 Å². The Morgan fingerprint density at radius 3 is 2.67 bits per heavy atom. The summed E-state index contributed by atoms with van der Waals surface area (Å²) in [6.07, 6.45) is 0. The van der Waals surface area contributed by atoms with Crippen molar-refractivity contribution in [2.75, 3.05) is 32.8 Å². The van der Waals surface area contributed by atoms with Gasteiger partial charge in [-0.05, 0) is 19.1 Å². The van der Waals surface area contributed by atoms with Gasteiger partial charge in [-0.3, -0.25) is 4.90 Å². The highest BCUT2D eigenvalue weighted by Gasteiger charge is 2.15. The molecule has 1 aliphatic heterocycles. The molecular formula is C15H19N5O. The minimum Gasteiger partial charge on any atom is -0.379 e. The lowest BCUT2D eigenvalue weighted by atomic mass is 10.3. The molecule has 0 amide bonds. The summed E-state index contributed by atoms with van der Waals surface area (Å²) in [7, 11) is 0. The maximum absolute atomic E-state index is 5.41. The third-order valence-electron chi connectivity index (χ3n) is 4.08. The Bertz CT molecular complexity index is 769. The Hall–Kier alpha value is -1.92. The van der Waals surface area contributed by atoms with E-state index >= 15 is 0 Å². The van der Waals surface area contributed by atoms with Crippen LogP contribution in [0.2, 0.25) is 0 Å². The zero-order valence-corrected chi connectivity index (χ0v) is 12.2. The van der Waals surface area contributed by atoms with E-state index in [1.165, 1.54) is 5.52 Å². The number of imidazole rings is 1. The minimum absolute atomic E-state index is 0.816. The van der Waals surface area contributed by atoms with E-state index in [-0.39, 0.29) is 0 Å². The molecule has 0 aliphatic carbocycles. The highest BCUT2D eigenvalue weighted by atomic mass is 16.5. The highest BCUT2D eigenvalue weighted by Crippen LogP contribution is 2.19. The molecule has 3 aromatic rings. The fourth-order valence-corrected chi connectivity index (χ4v) is 3.01. The fraction of sp³-hybridized carbons (Fsp3) is 0.467. The van der Waals surface area contributed by atoms with Crippen LogP contribution in [-0.2, 0) is 11.3 Å². The second-order valence-corrected chi connectivity index (χ2v) is 5.47. The number of fused-ring (bicyclic) bond motifs is 3. The van der Waals surface area contributed by atoms with E-state index in [2.05, 4.69) is 37.7 Å². The first kappa shape index (κ1) is 12.8. The highest BCUT2D eigenvalue weighted by molar-refractivity contribution is 5.80. The zero-order chi connectivity index (χ0) is 14.2. The molecule has 6 nitrogen and oxygen atoms in total. The second-order valence-electron chi connectivity index (χ2n) is 5.47. The molecule has 21 heavy (non-hydrogen) atoms. The van der Waals surface area contributed by atoms with Crippen molar-refractivity contribution in [3.05, 3.63) is 30.1 Å². The summed E-state index contributed by atoms with van der Waals surface area (Å²) in [5.41, 5.74) is 2.32. The van der Waals surface area contributed by atoms with Crippen LogP contribution in [0.4, 0.5) is 0 Å². The molecule has 4 rings (SSSR count). The summed E-state index contributed by atoms with van der Waals surface area (Å²) in [6, 6.07) is 8.35. The van der Waals surface area contributed by atoms with Crippen LogP contribution in [0.25, 0.3) is 16.8 Å². The molecule has 6 heteroatoms. The van der Waals surface area contributed by atoms with Crippen LogP contribution in [0, 0.1) is 6.92 Å². The predicted octanol–water partition coefficient (Wildman–Crippen LogP) is 1.32. The van der Waals surface area contributed by atoms with E-state index < -0.39 is 0 Å². The average Bonchev–Trinajstić information content (AvgIpc) is 3.02. The van der Waals surface area contributed by atoms with Gasteiger partial charge < -0.3 is 9.30 Å². The first-order valence-electron chi connectivity index (χ1n) is 7.43. The third kappa shape index (κ3) is 2.20. The van der Waals surface area contributed by atoms with Gasteiger partial charge in [-0.2, -0.15) is 9.50 Å². The molecule has 1 saturated heterocycles. The van der Waals surface area contributed by atoms with Gasteiger partial charge >= 0.3 is 0 Å². The van der Waals surface area contributed by atoms with Crippen LogP contribution in [0.3, 0.4) is 0 Å². The summed E-state index contributed by atoms with van der Waals surface area (Å²) >= 11 is 0. The Labute approximate surface area is 122 Å². The molecule has 3 heterocycles. The molecule has 0 saturated carbocycles. The molecule has 1 aliphatic rings. The van der Waals surface area contributed by atoms with Crippen LogP contribution in [0.15, 0.2) is 24.3 Å². The SMILES string of the molecule is Cc1nc2n(CCN3CCOCC3)c3ccccc3n2n1. The fourth-order valence-electron chi connectivity index (χ4n) is 3.01. The largest absolute Gasteiger partial charge is 0.379 e. The maximum atomic E-state index is 5.41. The molecule has 0 radical (unpaired) electrons. The Morgan fingerprint density at radius 2 is 1.86 bits per heavy atom. The predicted molar refractivity (Wildman–Crippen MR) is 80.5 cm³/mol. The molecule has 0 bridgehead atoms. The standard InChI is InChI=1S/C15H19N5O/c1-12-16-15-19(7-6-18-8-10-21-11-9-18)13-4-2-3-5-14(13)20(15)17-12/h2-5H,6-11H2,1H3. The van der Waals surface area contributed by atoms with Crippen molar-refractivity contribution in [3.63, 3.8) is 0 Å². The van der Waals surface area contributed by atoms with E-state index in [4.69, 9.17) is 4.74 Å². The lowest BCUT2D eigenvalue weighted by molar-refractivity contribution is 0.0366. The topological polar surface area (TPSA) is 47.6 Å². The monoisotopic (exact) mass is 285 g/mol. The summed E-state index contributed by atoms with van der Waals surface area (Å²) < 4.78 is 9.62. The second kappa shape index (κ2) is 5.13. The summed E-state index contributed by atoms with van der Waals surface area (Å²) in [5.74, 6) is 1.75. The summed E-state index contributed by atoms with van der Waals surface area (Å²) in [6.45, 7) is 7.59. The van der Waals surface area contributed by atoms with E-state index in [1.54, 1.807) is 0 Å². The van der Waals surface area contributed by atoms with Crippen LogP contribution in [-0.4, -0.2) is 56.9 Å². The quantitative estimate of drug-likeness (QED) is 0.728. The van der Waals surface area contributed by atoms with Gasteiger partial charge in [-0.1, -0.05) is 12.1 Å². The number of ether oxygens (including phenoxy) is 1. The summed E-state index contributed by atoms with van der Waals surface area (Å²) in [4.78, 5) is 7.03. The maximum Gasteiger partial charge on any atom is 0.233 e. The number of benzene rings is 1. The minimum atomic E-state index is 0.816. The molecule has 2 aromatic heterocycles. The van der Waals surface area contributed by atoms with Crippen molar-refractivity contribution >= 4 is 16.8 Å². The van der Waals surface area contributed by atoms with Crippen LogP contribution in [0.5, 0.6) is 0 Å². The zero-order valence-electron chi connectivity index (χ0n) is 12.2. The van der Waals surface area contributed by atoms with Crippen molar-refractivity contribution in [2.24, 2.45) is 0 Å². The number of aromatic nitrogens is 4. The Kier molecular flexibility index (Phi) is 3.12. The van der Waals surface area contributed by atoms with Crippen molar-refractivity contribution in [1.82, 2.24) is 24.1 Å². The van der Waals surface area contributed by atoms with Crippen molar-refractivity contribution < 1.29 is 4.74 Å². The van der Waals surface area contributed by atoms with Gasteiger partial charge in [0.2, 0.25) is 5.78 Å². The molecule has 1 fully saturated rings. The molecule has 110 valence electrons. The van der Waals surface area contributed by atoms with Crippen molar-refractivity contribution in [3.8, 4) is 0 Å². The van der Waals surface area contributed by atoms with Crippen molar-refractivity contribution in [2.45, 2.75) is 13.5 Å². The van der Waals surface area contributed by atoms with Gasteiger partial charge in [0.25, 0.3) is 0 Å². The molecule has 0 N–H and O–H groups in total. The Morgan fingerprint density at radius 1 is 1.10 bits per heavy atom. The average molecular weight is 285 g/mol. The number of nitrogens with zero attached hydrogens (tertiary/aromatic N) is 5. The smallest absolute Gasteiger partial charge is 0.233 e. The van der Waals surface area contributed by atoms with Crippen LogP contribution >= 0.6 is 0 Å². The number of hydrogen-bond acceptors (Lipinski definition) is 4. The lowest BCUT2D eigenvalue weighted by Crippen LogP contribution is -2.38. The first-order chi connectivity index (χ1) is 10.3. The number of morpholine rings is 1. The van der Waals surface area contributed by atoms with Crippen molar-refractivity contribution in [1.29, 1.82) is 0 Å². The molecular weight excluding hydrogens is 266 g/mol. The van der Waals surface area contributed by atoms with E-state index in [9.17, 15) is 0 Å². The van der Waals surface area contributed by atoms with E-state index in [1.807, 2.05) is 17.5 Å². The molecule has 0 unspecified atom stereocenters. The van der Waals surface area contributed by atoms with Gasteiger partial charge in [0.05, 0.1) is 24.2 Å². The number of aryl methyl sites for hydroxylation is 1. The van der Waals surface area contributed by atoms with Gasteiger partial charge in [0.15, 0.2) is 0 Å². The molecule has 0 spiro atoms. The summed E-state index contributed by atoms with van der Waals surface area (Å²) in [5, 5.41) is 4.51. The van der Waals surface area contributed by atoms with Gasteiger partial charge in [-0.25, -0.2) is 0 Å². The van der Waals surface area contributed by atoms with Gasteiger partial charge in [0, 0.05) is 26.2 Å². The van der Waals surface area contributed by atoms with E-state index in [0.29, 0.717) is 0 Å². The van der Waals surface area contributed by atoms with Crippen LogP contribution in [0.1, 0.15) is 5.82 Å². The molecule has 1 aromatic carbocycles. The number of para-hydroxylation sites is 2. The van der Waals surface area contributed by atoms with Gasteiger partial charge in [0.1, 0.15) is 5.82 Å². The van der Waals surface area contributed by atoms with Gasteiger partial charge in [-0.15, -0.1) is 5.10 Å². The third-order valence-corrected chi connectivity index (χ3v) is 4.08.